The number of phosphoric acid groups is 2. The summed E-state index contributed by atoms with van der Waals surface area (Å²) < 4.78 is 67.6. The molecule has 0 rings (SSSR count). The fourth-order valence-corrected chi connectivity index (χ4v) is 12.8. The predicted octanol–water partition coefficient (Wildman–Crippen LogP) is 14.2. The molecule has 0 aliphatic heterocycles. The summed E-state index contributed by atoms with van der Waals surface area (Å²) in [6.07, 6.45) is 55.9. The first-order chi connectivity index (χ1) is 44.7. The molecule has 0 heterocycles. The molecule has 0 fully saturated rings. The number of aliphatic hydroxyl groups excluding tert-OH is 1. The van der Waals surface area contributed by atoms with Crippen molar-refractivity contribution >= 4 is 39.5 Å². The molecular formula is C73H140Na2O17P2. The number of rotatable bonds is 74. The van der Waals surface area contributed by atoms with Crippen LogP contribution in [0.25, 0.3) is 0 Å². The molecule has 0 aliphatic rings. The first-order valence-corrected chi connectivity index (χ1v) is 41.2. The van der Waals surface area contributed by atoms with E-state index in [9.17, 15) is 43.2 Å². The van der Waals surface area contributed by atoms with Crippen molar-refractivity contribution in [2.75, 3.05) is 39.6 Å². The molecule has 21 heteroatoms. The van der Waals surface area contributed by atoms with Gasteiger partial charge in [-0.2, -0.15) is 0 Å². The van der Waals surface area contributed by atoms with E-state index in [0.717, 1.165) is 89.9 Å². The third-order valence-corrected chi connectivity index (χ3v) is 18.9. The summed E-state index contributed by atoms with van der Waals surface area (Å²) in [7, 11) is -10.4. The number of hydrogen-bond acceptors (Lipinski definition) is 17. The van der Waals surface area contributed by atoms with E-state index in [1.807, 2.05) is 0 Å². The molecule has 0 saturated heterocycles. The van der Waals surface area contributed by atoms with Crippen LogP contribution in [0.15, 0.2) is 0 Å². The van der Waals surface area contributed by atoms with Gasteiger partial charge in [-0.15, -0.1) is 0 Å². The molecule has 94 heavy (non-hydrogen) atoms. The zero-order chi connectivity index (χ0) is 67.5. The summed E-state index contributed by atoms with van der Waals surface area (Å²) in [5.74, 6) is -2.21. The van der Waals surface area contributed by atoms with E-state index in [4.69, 9.17) is 37.0 Å². The molecule has 1 N–H and O–H groups in total. The molecule has 0 aliphatic carbocycles. The molecule has 0 saturated carbocycles. The minimum Gasteiger partial charge on any atom is -0.756 e. The third kappa shape index (κ3) is 73.3. The number of carbonyl (C=O) groups excluding carboxylic acids is 4. The molecule has 17 nitrogen and oxygen atoms in total. The van der Waals surface area contributed by atoms with E-state index in [2.05, 4.69) is 27.7 Å². The number of hydrogen-bond donors (Lipinski definition) is 1. The van der Waals surface area contributed by atoms with Crippen LogP contribution in [0.1, 0.15) is 387 Å². The van der Waals surface area contributed by atoms with Crippen LogP contribution in [0.3, 0.4) is 0 Å². The molecule has 4 atom stereocenters. The Kier molecular flexibility index (Phi) is 77.6. The van der Waals surface area contributed by atoms with Gasteiger partial charge in [0.1, 0.15) is 19.3 Å². The average Bonchev–Trinajstić information content (AvgIpc) is 3.74. The van der Waals surface area contributed by atoms with Crippen molar-refractivity contribution in [3.8, 4) is 0 Å². The number of phosphoric ester groups is 2. The Morgan fingerprint density at radius 2 is 0.447 bits per heavy atom. The van der Waals surface area contributed by atoms with Crippen molar-refractivity contribution in [3.63, 3.8) is 0 Å². The van der Waals surface area contributed by atoms with Crippen molar-refractivity contribution in [3.05, 3.63) is 0 Å². The van der Waals surface area contributed by atoms with Crippen LogP contribution in [-0.4, -0.2) is 86.9 Å². The van der Waals surface area contributed by atoms with Crippen molar-refractivity contribution in [1.29, 1.82) is 0 Å². The quantitative estimate of drug-likeness (QED) is 0.0196. The maximum atomic E-state index is 13.0. The van der Waals surface area contributed by atoms with Gasteiger partial charge < -0.3 is 51.9 Å². The number of aliphatic hydroxyl groups is 1. The Balaban J connectivity index is -0.0000414. The van der Waals surface area contributed by atoms with E-state index >= 15 is 0 Å². The van der Waals surface area contributed by atoms with E-state index < -0.39 is 97.5 Å². The molecule has 546 valence electrons. The van der Waals surface area contributed by atoms with Crippen LogP contribution in [0.5, 0.6) is 0 Å². The second kappa shape index (κ2) is 74.3. The number of unbranched alkanes of at least 4 members (excludes halogenated alkanes) is 48. The Morgan fingerprint density at radius 3 is 0.649 bits per heavy atom. The molecule has 0 aromatic carbocycles. The molecule has 0 amide bonds. The monoisotopic (exact) mass is 1400 g/mol. The summed E-state index contributed by atoms with van der Waals surface area (Å²) >= 11 is 0. The summed E-state index contributed by atoms with van der Waals surface area (Å²) in [5.41, 5.74) is 0. The summed E-state index contributed by atoms with van der Waals surface area (Å²) in [6.45, 7) is 4.57. The van der Waals surface area contributed by atoms with Crippen molar-refractivity contribution < 1.29 is 139 Å². The number of carbonyl (C=O) groups is 4. The Labute approximate surface area is 619 Å². The van der Waals surface area contributed by atoms with Gasteiger partial charge in [-0.05, 0) is 25.7 Å². The summed E-state index contributed by atoms with van der Waals surface area (Å²) in [4.78, 5) is 77.3. The standard InChI is InChI=1S/C73H142O17P2.2Na/c1-5-9-13-17-21-25-29-33-37-41-45-49-53-57-70(75)83-63-68(89-72(77)59-55-51-47-43-39-35-31-27-23-19-15-11-7-3)65-87-91(79,80)85-61-67(74)62-86-92(81,82)88-66-69(90-73(78)60-56-52-48-44-40-36-32-28-24-20-16-12-8-4)64-84-71(76)58-54-50-46-42-38-34-30-26-22-18-14-10-6-2;;/h67-69,74H,5-66H2,1-4H3,(H,79,80)(H,81,82);;/q;2*+1/p-2. The van der Waals surface area contributed by atoms with Gasteiger partial charge in [0.2, 0.25) is 0 Å². The Bertz CT molecular complexity index is 1650. The van der Waals surface area contributed by atoms with Crippen molar-refractivity contribution in [2.45, 2.75) is 406 Å². The fraction of sp³-hybridized carbons (Fsp3) is 0.945. The third-order valence-electron chi connectivity index (χ3n) is 17.1. The van der Waals surface area contributed by atoms with Gasteiger partial charge in [0.25, 0.3) is 15.6 Å². The van der Waals surface area contributed by atoms with Crippen molar-refractivity contribution in [2.24, 2.45) is 0 Å². The minimum atomic E-state index is -5.22. The summed E-state index contributed by atoms with van der Waals surface area (Å²) in [5, 5.41) is 10.5. The molecular weight excluding hydrogens is 1260 g/mol. The number of ether oxygens (including phenoxy) is 4. The van der Waals surface area contributed by atoms with Gasteiger partial charge in [0.05, 0.1) is 26.4 Å². The zero-order valence-corrected chi connectivity index (χ0v) is 67.2. The van der Waals surface area contributed by atoms with E-state index in [1.165, 1.54) is 218 Å². The topological polar surface area (TPSA) is 243 Å². The van der Waals surface area contributed by atoms with Crippen LogP contribution in [0.2, 0.25) is 0 Å². The second-order valence-electron chi connectivity index (χ2n) is 26.3. The van der Waals surface area contributed by atoms with E-state index in [-0.39, 0.29) is 84.8 Å². The smallest absolute Gasteiger partial charge is 0.756 e. The van der Waals surface area contributed by atoms with E-state index in [0.29, 0.717) is 25.7 Å². The van der Waals surface area contributed by atoms with Crippen LogP contribution in [-0.2, 0) is 65.4 Å². The van der Waals surface area contributed by atoms with Gasteiger partial charge in [0.15, 0.2) is 12.2 Å². The average molecular weight is 1400 g/mol. The van der Waals surface area contributed by atoms with Gasteiger partial charge >= 0.3 is 83.0 Å². The Morgan fingerprint density at radius 1 is 0.277 bits per heavy atom. The van der Waals surface area contributed by atoms with Gasteiger partial charge in [-0.1, -0.05) is 336 Å². The summed E-state index contributed by atoms with van der Waals surface area (Å²) in [6, 6.07) is 0. The first kappa shape index (κ1) is 98.2. The van der Waals surface area contributed by atoms with Crippen LogP contribution < -0.4 is 68.9 Å². The minimum absolute atomic E-state index is 0. The molecule has 0 aromatic heterocycles. The second-order valence-corrected chi connectivity index (χ2v) is 29.1. The van der Waals surface area contributed by atoms with Crippen LogP contribution in [0, 0.1) is 0 Å². The molecule has 0 bridgehead atoms. The van der Waals surface area contributed by atoms with Crippen molar-refractivity contribution in [1.82, 2.24) is 0 Å². The number of esters is 4. The van der Waals surface area contributed by atoms with Crippen LogP contribution >= 0.6 is 15.6 Å². The maximum Gasteiger partial charge on any atom is 1.00 e. The normalized spacial score (nSPS) is 13.6. The predicted molar refractivity (Wildman–Crippen MR) is 368 cm³/mol. The van der Waals surface area contributed by atoms with Gasteiger partial charge in [0, 0.05) is 25.7 Å². The maximum absolute atomic E-state index is 13.0. The molecule has 4 unspecified atom stereocenters. The fourth-order valence-electron chi connectivity index (χ4n) is 11.2. The molecule has 0 aromatic rings. The van der Waals surface area contributed by atoms with Gasteiger partial charge in [-0.25, -0.2) is 0 Å². The molecule has 0 spiro atoms. The first-order valence-electron chi connectivity index (χ1n) is 38.2. The SMILES string of the molecule is CCCCCCCCCCCCCCCC(=O)OCC(COP(=O)([O-])OCC(O)COP(=O)([O-])OCC(COC(=O)CCCCCCCCCCCCCCC)OC(=O)CCCCCCCCCCCCCCC)OC(=O)CCCCCCCCCCCCCCC.[Na+].[Na+]. The largest absolute Gasteiger partial charge is 1.00 e. The molecule has 0 radical (unpaired) electrons. The Hall–Kier alpha value is 0.0600. The van der Waals surface area contributed by atoms with Gasteiger partial charge in [-0.3, -0.25) is 28.3 Å². The van der Waals surface area contributed by atoms with Crippen LogP contribution in [0.4, 0.5) is 0 Å². The zero-order valence-electron chi connectivity index (χ0n) is 61.4. The van der Waals surface area contributed by atoms with E-state index in [1.54, 1.807) is 0 Å².